The molecule has 0 aromatic heterocycles. The number of hydrogen-bond donors (Lipinski definition) is 0. The van der Waals surface area contributed by atoms with Crippen molar-refractivity contribution in [2.24, 2.45) is 11.8 Å². The van der Waals surface area contributed by atoms with E-state index in [1.807, 2.05) is 19.1 Å². The Morgan fingerprint density at radius 3 is 2.14 bits per heavy atom. The van der Waals surface area contributed by atoms with Gasteiger partial charge in [0.05, 0.1) is 5.56 Å². The second-order valence-corrected chi connectivity index (χ2v) is 8.06. The minimum Gasteiger partial charge on any atom is -0.452 e. The molecule has 0 saturated carbocycles. The molecule has 1 aliphatic heterocycles. The lowest BCUT2D eigenvalue weighted by molar-refractivity contribution is -0.137. The van der Waals surface area contributed by atoms with Gasteiger partial charge in [0.1, 0.15) is 0 Å². The number of carbonyl (C=O) groups is 3. The highest BCUT2D eigenvalue weighted by molar-refractivity contribution is 6.14. The Morgan fingerprint density at radius 1 is 0.931 bits per heavy atom. The summed E-state index contributed by atoms with van der Waals surface area (Å²) in [6, 6.07) is 13.7. The van der Waals surface area contributed by atoms with Gasteiger partial charge < -0.3 is 9.64 Å². The number of nitrogens with zero attached hydrogens (tertiary/aromatic N) is 1. The van der Waals surface area contributed by atoms with E-state index in [4.69, 9.17) is 4.74 Å². The molecule has 0 radical (unpaired) electrons. The summed E-state index contributed by atoms with van der Waals surface area (Å²) in [5.74, 6) is -0.230. The Hall–Kier alpha value is -2.95. The molecule has 2 aromatic rings. The fourth-order valence-electron chi connectivity index (χ4n) is 3.88. The minimum atomic E-state index is -0.660. The summed E-state index contributed by atoms with van der Waals surface area (Å²) in [5, 5.41) is 0. The van der Waals surface area contributed by atoms with Crippen molar-refractivity contribution >= 4 is 17.7 Å². The molecule has 0 N–H and O–H groups in total. The Morgan fingerprint density at radius 2 is 1.52 bits per heavy atom. The predicted octanol–water partition coefficient (Wildman–Crippen LogP) is 3.89. The second kappa shape index (κ2) is 9.03. The Kier molecular flexibility index (Phi) is 6.47. The van der Waals surface area contributed by atoms with Gasteiger partial charge in [-0.3, -0.25) is 9.59 Å². The van der Waals surface area contributed by atoms with Crippen molar-refractivity contribution in [2.45, 2.75) is 27.2 Å². The Balaban J connectivity index is 1.69. The zero-order chi connectivity index (χ0) is 21.0. The van der Waals surface area contributed by atoms with E-state index in [1.165, 1.54) is 0 Å². The molecule has 1 heterocycles. The van der Waals surface area contributed by atoms with Crippen LogP contribution in [0.3, 0.4) is 0 Å². The van der Waals surface area contributed by atoms with Gasteiger partial charge in [0.25, 0.3) is 5.91 Å². The quantitative estimate of drug-likeness (QED) is 0.571. The molecular formula is C24H27NO4. The molecule has 2 aromatic carbocycles. The van der Waals surface area contributed by atoms with Crippen molar-refractivity contribution in [1.82, 2.24) is 4.90 Å². The van der Waals surface area contributed by atoms with E-state index in [9.17, 15) is 14.4 Å². The smallest absolute Gasteiger partial charge is 0.339 e. The summed E-state index contributed by atoms with van der Waals surface area (Å²) in [6.45, 7) is 7.24. The number of esters is 1. The fraction of sp³-hybridized carbons (Fsp3) is 0.375. The third kappa shape index (κ3) is 5.11. The largest absolute Gasteiger partial charge is 0.452 e. The number of carbonyl (C=O) groups excluding carboxylic acids is 3. The minimum absolute atomic E-state index is 0.172. The van der Waals surface area contributed by atoms with Crippen molar-refractivity contribution < 1.29 is 19.1 Å². The van der Waals surface area contributed by atoms with Gasteiger partial charge in [-0.1, -0.05) is 61.9 Å². The third-order valence-corrected chi connectivity index (χ3v) is 5.25. The van der Waals surface area contributed by atoms with Crippen molar-refractivity contribution in [1.29, 1.82) is 0 Å². The predicted molar refractivity (Wildman–Crippen MR) is 111 cm³/mol. The number of likely N-dealkylation sites (tertiary alicyclic amines) is 1. The maximum Gasteiger partial charge on any atom is 0.339 e. The van der Waals surface area contributed by atoms with Gasteiger partial charge in [-0.05, 0) is 31.2 Å². The Bertz CT molecular complexity index is 893. The first kappa shape index (κ1) is 20.8. The zero-order valence-electron chi connectivity index (χ0n) is 17.2. The van der Waals surface area contributed by atoms with Crippen LogP contribution in [0.25, 0.3) is 0 Å². The van der Waals surface area contributed by atoms with Crippen LogP contribution in [0.15, 0.2) is 48.5 Å². The SMILES string of the molecule is Cc1ccc(C(=O)c2ccccc2C(=O)OCC(=O)N2C[C@@H](C)C[C@H](C)C2)cc1. The molecular weight excluding hydrogens is 366 g/mol. The lowest BCUT2D eigenvalue weighted by atomic mass is 9.92. The van der Waals surface area contributed by atoms with Crippen LogP contribution >= 0.6 is 0 Å². The highest BCUT2D eigenvalue weighted by Crippen LogP contribution is 2.21. The average Bonchev–Trinajstić information content (AvgIpc) is 2.71. The van der Waals surface area contributed by atoms with Gasteiger partial charge in [0.15, 0.2) is 12.4 Å². The zero-order valence-corrected chi connectivity index (χ0v) is 17.2. The molecule has 5 heteroatoms. The number of rotatable bonds is 5. The molecule has 0 unspecified atom stereocenters. The highest BCUT2D eigenvalue weighted by Gasteiger charge is 2.26. The fourth-order valence-corrected chi connectivity index (χ4v) is 3.88. The summed E-state index contributed by atoms with van der Waals surface area (Å²) >= 11 is 0. The van der Waals surface area contributed by atoms with Crippen LogP contribution in [0.4, 0.5) is 0 Å². The van der Waals surface area contributed by atoms with Crippen LogP contribution in [0, 0.1) is 18.8 Å². The third-order valence-electron chi connectivity index (χ3n) is 5.25. The standard InChI is InChI=1S/C24H27NO4/c1-16-8-10-19(11-9-16)23(27)20-6-4-5-7-21(20)24(28)29-15-22(26)25-13-17(2)12-18(3)14-25/h4-11,17-18H,12-15H2,1-3H3/t17-,18-/m0/s1. The van der Waals surface area contributed by atoms with Crippen LogP contribution < -0.4 is 0 Å². The molecule has 2 atom stereocenters. The molecule has 1 aliphatic rings. The first-order valence-corrected chi connectivity index (χ1v) is 10.0. The molecule has 0 aliphatic carbocycles. The van der Waals surface area contributed by atoms with Crippen LogP contribution in [0.1, 0.15) is 52.1 Å². The van der Waals surface area contributed by atoms with Crippen molar-refractivity contribution in [3.8, 4) is 0 Å². The summed E-state index contributed by atoms with van der Waals surface area (Å²) in [7, 11) is 0. The van der Waals surface area contributed by atoms with E-state index in [-0.39, 0.29) is 29.4 Å². The van der Waals surface area contributed by atoms with Crippen molar-refractivity contribution in [2.75, 3.05) is 19.7 Å². The summed E-state index contributed by atoms with van der Waals surface area (Å²) in [6.07, 6.45) is 1.10. The summed E-state index contributed by atoms with van der Waals surface area (Å²) < 4.78 is 5.28. The van der Waals surface area contributed by atoms with Gasteiger partial charge in [0, 0.05) is 24.2 Å². The molecule has 0 spiro atoms. The number of benzene rings is 2. The van der Waals surface area contributed by atoms with Gasteiger partial charge >= 0.3 is 5.97 Å². The van der Waals surface area contributed by atoms with Crippen molar-refractivity contribution in [3.05, 3.63) is 70.8 Å². The maximum atomic E-state index is 12.9. The van der Waals surface area contributed by atoms with Crippen molar-refractivity contribution in [3.63, 3.8) is 0 Å². The van der Waals surface area contributed by atoms with E-state index in [0.717, 1.165) is 12.0 Å². The molecule has 1 amide bonds. The van der Waals surface area contributed by atoms with Gasteiger partial charge in [0.2, 0.25) is 0 Å². The van der Waals surface area contributed by atoms with Gasteiger partial charge in [-0.2, -0.15) is 0 Å². The van der Waals surface area contributed by atoms with Crippen LogP contribution in [-0.4, -0.2) is 42.3 Å². The number of aryl methyl sites for hydroxylation is 1. The molecule has 3 rings (SSSR count). The molecule has 29 heavy (non-hydrogen) atoms. The van der Waals surface area contributed by atoms with E-state index >= 15 is 0 Å². The molecule has 152 valence electrons. The first-order chi connectivity index (χ1) is 13.8. The number of amides is 1. The molecule has 1 saturated heterocycles. The van der Waals surface area contributed by atoms with Crippen LogP contribution in [0.5, 0.6) is 0 Å². The normalized spacial score (nSPS) is 18.9. The van der Waals surface area contributed by atoms with Gasteiger partial charge in [-0.25, -0.2) is 4.79 Å². The monoisotopic (exact) mass is 393 g/mol. The first-order valence-electron chi connectivity index (χ1n) is 10.0. The van der Waals surface area contributed by atoms with Crippen LogP contribution in [0.2, 0.25) is 0 Å². The molecule has 0 bridgehead atoms. The number of ether oxygens (including phenoxy) is 1. The maximum absolute atomic E-state index is 12.9. The lowest BCUT2D eigenvalue weighted by Crippen LogP contribution is -2.44. The van der Waals surface area contributed by atoms with E-state index in [0.29, 0.717) is 30.5 Å². The van der Waals surface area contributed by atoms with E-state index < -0.39 is 5.97 Å². The average molecular weight is 393 g/mol. The molecule has 1 fully saturated rings. The number of ketones is 1. The van der Waals surface area contributed by atoms with E-state index in [1.54, 1.807) is 41.3 Å². The molecule has 5 nitrogen and oxygen atoms in total. The topological polar surface area (TPSA) is 63.7 Å². The van der Waals surface area contributed by atoms with E-state index in [2.05, 4.69) is 13.8 Å². The van der Waals surface area contributed by atoms with Crippen LogP contribution in [-0.2, 0) is 9.53 Å². The Labute approximate surface area is 171 Å². The summed E-state index contributed by atoms with van der Waals surface area (Å²) in [5.41, 5.74) is 2.00. The second-order valence-electron chi connectivity index (χ2n) is 8.06. The highest BCUT2D eigenvalue weighted by atomic mass is 16.5. The van der Waals surface area contributed by atoms with Gasteiger partial charge in [-0.15, -0.1) is 0 Å². The lowest BCUT2D eigenvalue weighted by Gasteiger charge is -2.34. The number of piperidine rings is 1. The summed E-state index contributed by atoms with van der Waals surface area (Å²) in [4.78, 5) is 39.7. The number of hydrogen-bond acceptors (Lipinski definition) is 4.